The number of aryl methyl sites for hydroxylation is 1. The van der Waals surface area contributed by atoms with Crippen molar-refractivity contribution in [1.82, 2.24) is 0 Å². The summed E-state index contributed by atoms with van der Waals surface area (Å²) in [7, 11) is 0. The van der Waals surface area contributed by atoms with Crippen LogP contribution in [0.4, 0.5) is 0 Å². The molecule has 0 N–H and O–H groups in total. The molecule has 0 spiro atoms. The summed E-state index contributed by atoms with van der Waals surface area (Å²) in [5.74, 6) is 0. The maximum atomic E-state index is 2.47. The summed E-state index contributed by atoms with van der Waals surface area (Å²) in [6.45, 7) is 2.26. The molecule has 0 amide bonds. The van der Waals surface area contributed by atoms with E-state index in [9.17, 15) is 0 Å². The average molecular weight is 362 g/mol. The zero-order chi connectivity index (χ0) is 7.40. The molecule has 0 unspecified atom stereocenters. The monoisotopic (exact) mass is 364 g/mol. The SMILES string of the molecule is CCCCc1ccc(I)[te]1. The summed E-state index contributed by atoms with van der Waals surface area (Å²) in [6, 6.07) is 4.62. The Morgan fingerprint density at radius 1 is 1.50 bits per heavy atom. The van der Waals surface area contributed by atoms with Crippen LogP contribution >= 0.6 is 22.6 Å². The second-order valence-electron chi connectivity index (χ2n) is 2.31. The van der Waals surface area contributed by atoms with Gasteiger partial charge in [0.05, 0.1) is 0 Å². The molecule has 0 aromatic carbocycles. The van der Waals surface area contributed by atoms with Crippen LogP contribution in [0.3, 0.4) is 0 Å². The van der Waals surface area contributed by atoms with E-state index in [4.69, 9.17) is 0 Å². The predicted octanol–water partition coefficient (Wildman–Crippen LogP) is 2.69. The summed E-state index contributed by atoms with van der Waals surface area (Å²) in [5.41, 5.74) is 0. The molecule has 0 saturated heterocycles. The van der Waals surface area contributed by atoms with E-state index >= 15 is 0 Å². The molecule has 1 aromatic rings. The van der Waals surface area contributed by atoms with Gasteiger partial charge in [0.1, 0.15) is 0 Å². The van der Waals surface area contributed by atoms with Crippen LogP contribution in [0.1, 0.15) is 23.3 Å². The Morgan fingerprint density at radius 2 is 2.30 bits per heavy atom. The Balaban J connectivity index is 2.42. The van der Waals surface area contributed by atoms with Gasteiger partial charge in [-0.25, -0.2) is 0 Å². The third-order valence-corrected chi connectivity index (χ3v) is 5.91. The van der Waals surface area contributed by atoms with E-state index < -0.39 is 0 Å². The summed E-state index contributed by atoms with van der Waals surface area (Å²) < 4.78 is 3.37. The molecule has 1 heterocycles. The fourth-order valence-electron chi connectivity index (χ4n) is 0.837. The molecule has 0 aliphatic rings. The van der Waals surface area contributed by atoms with Gasteiger partial charge in [0.25, 0.3) is 0 Å². The van der Waals surface area contributed by atoms with Gasteiger partial charge in [-0.2, -0.15) is 0 Å². The topological polar surface area (TPSA) is 0 Å². The summed E-state index contributed by atoms with van der Waals surface area (Å²) in [6.07, 6.45) is 4.08. The van der Waals surface area contributed by atoms with Crippen molar-refractivity contribution in [2.24, 2.45) is 0 Å². The summed E-state index contributed by atoms with van der Waals surface area (Å²) in [4.78, 5) is 0. The Bertz CT molecular complexity index is 193. The second-order valence-corrected chi connectivity index (χ2v) is 9.08. The van der Waals surface area contributed by atoms with Crippen LogP contribution in [0.25, 0.3) is 0 Å². The van der Waals surface area contributed by atoms with Crippen molar-refractivity contribution >= 4 is 43.0 Å². The van der Waals surface area contributed by atoms with Crippen LogP contribution in [0.15, 0.2) is 12.1 Å². The summed E-state index contributed by atoms with van der Waals surface area (Å²) >= 11 is 2.61. The van der Waals surface area contributed by atoms with Gasteiger partial charge in [0.15, 0.2) is 0 Å². The average Bonchev–Trinajstić information content (AvgIpc) is 2.31. The minimum atomic E-state index is 0.144. The Morgan fingerprint density at radius 3 is 2.80 bits per heavy atom. The van der Waals surface area contributed by atoms with Gasteiger partial charge in [-0.15, -0.1) is 0 Å². The first-order valence-electron chi connectivity index (χ1n) is 3.57. The third-order valence-electron chi connectivity index (χ3n) is 1.41. The molecule has 0 nitrogen and oxygen atoms in total. The third kappa shape index (κ3) is 2.94. The van der Waals surface area contributed by atoms with Gasteiger partial charge in [0.2, 0.25) is 0 Å². The van der Waals surface area contributed by atoms with Gasteiger partial charge in [-0.1, -0.05) is 0 Å². The number of halogens is 1. The molecule has 0 saturated carbocycles. The minimum absolute atomic E-state index is 0.144. The molecule has 0 radical (unpaired) electrons. The van der Waals surface area contributed by atoms with Crippen molar-refractivity contribution in [3.05, 3.63) is 17.3 Å². The first-order chi connectivity index (χ1) is 4.83. The first kappa shape index (κ1) is 9.09. The quantitative estimate of drug-likeness (QED) is 0.574. The van der Waals surface area contributed by atoms with E-state index in [-0.39, 0.29) is 20.4 Å². The zero-order valence-electron chi connectivity index (χ0n) is 6.06. The molecule has 0 aliphatic heterocycles. The molecule has 0 fully saturated rings. The van der Waals surface area contributed by atoms with E-state index in [0.717, 1.165) is 0 Å². The maximum absolute atomic E-state index is 2.47. The summed E-state index contributed by atoms with van der Waals surface area (Å²) in [5, 5.41) is 0. The van der Waals surface area contributed by atoms with Gasteiger partial charge in [-0.3, -0.25) is 0 Å². The molecule has 0 aliphatic carbocycles. The van der Waals surface area contributed by atoms with Crippen LogP contribution < -0.4 is 0 Å². The second kappa shape index (κ2) is 4.79. The molecule has 2 heteroatoms. The van der Waals surface area contributed by atoms with Crippen molar-refractivity contribution < 1.29 is 0 Å². The van der Waals surface area contributed by atoms with E-state index in [2.05, 4.69) is 41.6 Å². The van der Waals surface area contributed by atoms with Gasteiger partial charge < -0.3 is 0 Å². The van der Waals surface area contributed by atoms with Crippen molar-refractivity contribution in [1.29, 1.82) is 0 Å². The van der Waals surface area contributed by atoms with E-state index in [1.54, 1.807) is 5.17 Å². The van der Waals surface area contributed by atoms with Crippen molar-refractivity contribution in [2.75, 3.05) is 0 Å². The number of unbranched alkanes of at least 4 members (excludes halogenated alkanes) is 1. The molecule has 0 bridgehead atoms. The van der Waals surface area contributed by atoms with Gasteiger partial charge in [-0.05, 0) is 0 Å². The van der Waals surface area contributed by atoms with Crippen molar-refractivity contribution in [3.63, 3.8) is 0 Å². The standard InChI is InChI=1S/C8H11ITe/c1-2-3-4-7-5-6-8(9)10-7/h5-6H,2-4H2,1H3. The van der Waals surface area contributed by atoms with Crippen LogP contribution in [0, 0.1) is 1.59 Å². The molecule has 1 aromatic heterocycles. The fraction of sp³-hybridized carbons (Fsp3) is 0.500. The zero-order valence-corrected chi connectivity index (χ0v) is 10.6. The molecular formula is C8H11ITe. The van der Waals surface area contributed by atoms with Gasteiger partial charge >= 0.3 is 86.5 Å². The molecular weight excluding hydrogens is 351 g/mol. The number of rotatable bonds is 3. The normalized spacial score (nSPS) is 10.2. The predicted molar refractivity (Wildman–Crippen MR) is 54.7 cm³/mol. The van der Waals surface area contributed by atoms with E-state index in [0.29, 0.717) is 0 Å². The van der Waals surface area contributed by atoms with E-state index in [1.807, 2.05) is 0 Å². The van der Waals surface area contributed by atoms with Crippen LogP contribution in [0.2, 0.25) is 0 Å². The van der Waals surface area contributed by atoms with Crippen LogP contribution in [0.5, 0.6) is 0 Å². The van der Waals surface area contributed by atoms with Crippen molar-refractivity contribution in [2.45, 2.75) is 26.2 Å². The first-order valence-corrected chi connectivity index (χ1v) is 6.98. The molecule has 56 valence electrons. The Labute approximate surface area is 85.8 Å². The van der Waals surface area contributed by atoms with Crippen LogP contribution in [-0.4, -0.2) is 20.4 Å². The molecule has 10 heavy (non-hydrogen) atoms. The Kier molecular flexibility index (Phi) is 4.36. The van der Waals surface area contributed by atoms with Crippen molar-refractivity contribution in [3.8, 4) is 0 Å². The van der Waals surface area contributed by atoms with Gasteiger partial charge in [0, 0.05) is 0 Å². The van der Waals surface area contributed by atoms with E-state index in [1.165, 1.54) is 19.3 Å². The number of hydrogen-bond acceptors (Lipinski definition) is 0. The molecule has 0 atom stereocenters. The fourth-order valence-corrected chi connectivity index (χ4v) is 5.11. The number of hydrogen-bond donors (Lipinski definition) is 0. The van der Waals surface area contributed by atoms with Crippen LogP contribution in [-0.2, 0) is 6.42 Å². The Hall–Kier alpha value is 1.000. The molecule has 1 rings (SSSR count).